The molecule has 0 atom stereocenters. The summed E-state index contributed by atoms with van der Waals surface area (Å²) in [5, 5.41) is 0. The molecular formula is C32H46F2O2. The molecule has 2 aromatic carbocycles. The summed E-state index contributed by atoms with van der Waals surface area (Å²) in [7, 11) is 0. The largest absolute Gasteiger partial charge is 0.420 e. The monoisotopic (exact) mass is 500 g/mol. The third-order valence-corrected chi connectivity index (χ3v) is 6.89. The van der Waals surface area contributed by atoms with Crippen LogP contribution in [-0.2, 0) is 12.8 Å². The standard InChI is InChI=1S/C32H46F2O2/c1-3-5-7-9-10-11-12-13-15-17-19-27-24-25-29(31(34)30(27)33)36-32(35)28-22-20-26(21-23-28)18-16-14-8-6-4-2/h20-25H,3-19H2,1-2H3. The molecule has 0 unspecified atom stereocenters. The van der Waals surface area contributed by atoms with E-state index in [1.807, 2.05) is 12.1 Å². The molecule has 2 rings (SSSR count). The normalized spacial score (nSPS) is 11.1. The lowest BCUT2D eigenvalue weighted by Gasteiger charge is -2.10. The molecule has 4 heteroatoms. The number of carbonyl (C=O) groups excluding carboxylic acids is 1. The summed E-state index contributed by atoms with van der Waals surface area (Å²) < 4.78 is 34.3. The first-order valence-electron chi connectivity index (χ1n) is 14.3. The molecule has 36 heavy (non-hydrogen) atoms. The average Bonchev–Trinajstić information content (AvgIpc) is 2.89. The van der Waals surface area contributed by atoms with Crippen molar-refractivity contribution in [2.45, 2.75) is 123 Å². The molecule has 0 aromatic heterocycles. The Morgan fingerprint density at radius 1 is 0.611 bits per heavy atom. The van der Waals surface area contributed by atoms with Gasteiger partial charge in [0.2, 0.25) is 5.82 Å². The van der Waals surface area contributed by atoms with Crippen LogP contribution < -0.4 is 4.74 Å². The summed E-state index contributed by atoms with van der Waals surface area (Å²) in [5.41, 5.74) is 1.84. The highest BCUT2D eigenvalue weighted by Gasteiger charge is 2.18. The molecule has 0 spiro atoms. The van der Waals surface area contributed by atoms with Gasteiger partial charge in [-0.05, 0) is 55.0 Å². The molecule has 0 saturated heterocycles. The Labute approximate surface area is 217 Å². The lowest BCUT2D eigenvalue weighted by Crippen LogP contribution is -2.11. The van der Waals surface area contributed by atoms with Crippen LogP contribution in [0.1, 0.15) is 132 Å². The molecule has 0 aliphatic rings. The Morgan fingerprint density at radius 3 is 1.67 bits per heavy atom. The summed E-state index contributed by atoms with van der Waals surface area (Å²) >= 11 is 0. The van der Waals surface area contributed by atoms with E-state index in [9.17, 15) is 13.6 Å². The Hall–Kier alpha value is -2.23. The molecule has 0 aliphatic heterocycles. The van der Waals surface area contributed by atoms with Crippen LogP contribution in [0, 0.1) is 11.6 Å². The van der Waals surface area contributed by atoms with Gasteiger partial charge >= 0.3 is 5.97 Å². The van der Waals surface area contributed by atoms with E-state index >= 15 is 0 Å². The molecule has 0 heterocycles. The van der Waals surface area contributed by atoms with Crippen molar-refractivity contribution in [2.24, 2.45) is 0 Å². The van der Waals surface area contributed by atoms with Gasteiger partial charge in [-0.25, -0.2) is 9.18 Å². The molecular weight excluding hydrogens is 454 g/mol. The van der Waals surface area contributed by atoms with E-state index in [1.165, 1.54) is 82.8 Å². The fraction of sp³-hybridized carbons (Fsp3) is 0.594. The zero-order chi connectivity index (χ0) is 26.0. The van der Waals surface area contributed by atoms with Crippen LogP contribution >= 0.6 is 0 Å². The highest BCUT2D eigenvalue weighted by atomic mass is 19.2. The third-order valence-electron chi connectivity index (χ3n) is 6.89. The van der Waals surface area contributed by atoms with Crippen molar-refractivity contribution in [2.75, 3.05) is 0 Å². The molecule has 2 nitrogen and oxygen atoms in total. The molecule has 0 fully saturated rings. The van der Waals surface area contributed by atoms with Gasteiger partial charge in [0.25, 0.3) is 0 Å². The van der Waals surface area contributed by atoms with Crippen molar-refractivity contribution in [3.8, 4) is 5.75 Å². The quantitative estimate of drug-likeness (QED) is 0.109. The third kappa shape index (κ3) is 11.2. The van der Waals surface area contributed by atoms with Crippen LogP contribution in [-0.4, -0.2) is 5.97 Å². The summed E-state index contributed by atoms with van der Waals surface area (Å²) in [6.07, 6.45) is 19.5. The van der Waals surface area contributed by atoms with Gasteiger partial charge in [-0.2, -0.15) is 4.39 Å². The lowest BCUT2D eigenvalue weighted by molar-refractivity contribution is 0.0726. The summed E-state index contributed by atoms with van der Waals surface area (Å²) in [6, 6.07) is 10.1. The Morgan fingerprint density at radius 2 is 1.11 bits per heavy atom. The minimum Gasteiger partial charge on any atom is -0.420 e. The van der Waals surface area contributed by atoms with Crippen molar-refractivity contribution in [1.29, 1.82) is 0 Å². The highest BCUT2D eigenvalue weighted by Crippen LogP contribution is 2.25. The van der Waals surface area contributed by atoms with Gasteiger partial charge in [-0.3, -0.25) is 0 Å². The van der Waals surface area contributed by atoms with Gasteiger partial charge in [0.1, 0.15) is 0 Å². The lowest BCUT2D eigenvalue weighted by atomic mass is 10.0. The number of hydrogen-bond donors (Lipinski definition) is 0. The number of benzene rings is 2. The number of ether oxygens (including phenoxy) is 1. The molecule has 2 aromatic rings. The van der Waals surface area contributed by atoms with E-state index in [0.29, 0.717) is 17.5 Å². The summed E-state index contributed by atoms with van der Waals surface area (Å²) in [6.45, 7) is 4.43. The van der Waals surface area contributed by atoms with E-state index in [1.54, 1.807) is 12.1 Å². The Kier molecular flexibility index (Phi) is 15.1. The number of halogens is 2. The maximum atomic E-state index is 14.6. The second kappa shape index (κ2) is 18.1. The van der Waals surface area contributed by atoms with Crippen LogP contribution in [0.4, 0.5) is 8.78 Å². The fourth-order valence-electron chi connectivity index (χ4n) is 4.55. The van der Waals surface area contributed by atoms with Crippen LogP contribution in [0.2, 0.25) is 0 Å². The SMILES string of the molecule is CCCCCCCCCCCCc1ccc(OC(=O)c2ccc(CCCCCCC)cc2)c(F)c1F. The van der Waals surface area contributed by atoms with Gasteiger partial charge in [-0.15, -0.1) is 0 Å². The van der Waals surface area contributed by atoms with Crippen molar-refractivity contribution >= 4 is 5.97 Å². The minimum atomic E-state index is -1.09. The topological polar surface area (TPSA) is 26.3 Å². The van der Waals surface area contributed by atoms with Gasteiger partial charge in [0, 0.05) is 0 Å². The van der Waals surface area contributed by atoms with Crippen LogP contribution in [0.3, 0.4) is 0 Å². The van der Waals surface area contributed by atoms with E-state index in [0.717, 1.165) is 37.7 Å². The summed E-state index contributed by atoms with van der Waals surface area (Å²) in [4.78, 5) is 12.5. The molecule has 0 radical (unpaired) electrons. The number of aryl methyl sites for hydroxylation is 2. The smallest absolute Gasteiger partial charge is 0.343 e. The average molecular weight is 501 g/mol. The number of rotatable bonds is 19. The van der Waals surface area contributed by atoms with Crippen LogP contribution in [0.15, 0.2) is 36.4 Å². The van der Waals surface area contributed by atoms with Crippen molar-refractivity contribution < 1.29 is 18.3 Å². The second-order valence-electron chi connectivity index (χ2n) is 10.0. The predicted octanol–water partition coefficient (Wildman–Crippen LogP) is 10.2. The second-order valence-corrected chi connectivity index (χ2v) is 10.0. The maximum Gasteiger partial charge on any atom is 0.343 e. The van der Waals surface area contributed by atoms with E-state index in [4.69, 9.17) is 4.74 Å². The van der Waals surface area contributed by atoms with Crippen LogP contribution in [0.25, 0.3) is 0 Å². The summed E-state index contributed by atoms with van der Waals surface area (Å²) in [5.74, 6) is -3.03. The molecule has 0 bridgehead atoms. The van der Waals surface area contributed by atoms with E-state index < -0.39 is 17.6 Å². The first kappa shape index (κ1) is 30.0. The number of hydrogen-bond acceptors (Lipinski definition) is 2. The van der Waals surface area contributed by atoms with E-state index in [2.05, 4.69) is 13.8 Å². The Balaban J connectivity index is 1.74. The molecule has 200 valence electrons. The molecule has 0 N–H and O–H groups in total. The minimum absolute atomic E-state index is 0.332. The predicted molar refractivity (Wildman–Crippen MR) is 146 cm³/mol. The van der Waals surface area contributed by atoms with Gasteiger partial charge in [-0.1, -0.05) is 116 Å². The zero-order valence-corrected chi connectivity index (χ0v) is 22.6. The number of carbonyl (C=O) groups is 1. The van der Waals surface area contributed by atoms with Gasteiger partial charge < -0.3 is 4.74 Å². The number of unbranched alkanes of at least 4 members (excludes halogenated alkanes) is 13. The fourth-order valence-corrected chi connectivity index (χ4v) is 4.55. The zero-order valence-electron chi connectivity index (χ0n) is 22.6. The molecule has 0 saturated carbocycles. The van der Waals surface area contributed by atoms with Crippen molar-refractivity contribution in [3.05, 3.63) is 64.7 Å². The number of esters is 1. The maximum absolute atomic E-state index is 14.6. The first-order chi connectivity index (χ1) is 17.6. The van der Waals surface area contributed by atoms with Crippen molar-refractivity contribution in [1.82, 2.24) is 0 Å². The van der Waals surface area contributed by atoms with Crippen molar-refractivity contribution in [3.63, 3.8) is 0 Å². The molecule has 0 amide bonds. The van der Waals surface area contributed by atoms with E-state index in [-0.39, 0.29) is 5.75 Å². The first-order valence-corrected chi connectivity index (χ1v) is 14.3. The van der Waals surface area contributed by atoms with Crippen LogP contribution in [0.5, 0.6) is 5.75 Å². The Bertz CT molecular complexity index is 876. The van der Waals surface area contributed by atoms with Gasteiger partial charge in [0.05, 0.1) is 5.56 Å². The highest BCUT2D eigenvalue weighted by molar-refractivity contribution is 5.91. The van der Waals surface area contributed by atoms with Gasteiger partial charge in [0.15, 0.2) is 11.6 Å². The molecule has 0 aliphatic carbocycles.